The SMILES string of the molecule is CCC[C@@H](NC(=O)c1cc(C(C)C)nn1C)c1nn[nH]n1. The molecule has 114 valence electrons. The number of amides is 1. The number of rotatable bonds is 6. The number of hydrogen-bond acceptors (Lipinski definition) is 5. The Morgan fingerprint density at radius 1 is 1.48 bits per heavy atom. The molecule has 2 aromatic rings. The molecule has 2 N–H and O–H groups in total. The second-order valence-corrected chi connectivity index (χ2v) is 5.32. The van der Waals surface area contributed by atoms with Gasteiger partial charge < -0.3 is 5.32 Å². The molecule has 21 heavy (non-hydrogen) atoms. The number of tetrazole rings is 1. The van der Waals surface area contributed by atoms with Crippen LogP contribution in [-0.4, -0.2) is 36.3 Å². The maximum absolute atomic E-state index is 12.4. The van der Waals surface area contributed by atoms with Gasteiger partial charge in [0.1, 0.15) is 5.69 Å². The number of aromatic nitrogens is 6. The van der Waals surface area contributed by atoms with Gasteiger partial charge in [-0.05, 0) is 18.4 Å². The second-order valence-electron chi connectivity index (χ2n) is 5.32. The van der Waals surface area contributed by atoms with Gasteiger partial charge in [0.05, 0.1) is 11.7 Å². The molecule has 0 saturated heterocycles. The molecule has 0 aliphatic heterocycles. The van der Waals surface area contributed by atoms with Gasteiger partial charge in [0.25, 0.3) is 5.91 Å². The van der Waals surface area contributed by atoms with E-state index in [-0.39, 0.29) is 17.9 Å². The summed E-state index contributed by atoms with van der Waals surface area (Å²) in [5, 5.41) is 21.2. The first-order chi connectivity index (χ1) is 10.0. The van der Waals surface area contributed by atoms with Gasteiger partial charge in [-0.15, -0.1) is 10.2 Å². The number of nitrogens with zero attached hydrogens (tertiary/aromatic N) is 5. The predicted octanol–water partition coefficient (Wildman–Crippen LogP) is 1.33. The van der Waals surface area contributed by atoms with Crippen molar-refractivity contribution in [3.05, 3.63) is 23.3 Å². The van der Waals surface area contributed by atoms with Crippen LogP contribution >= 0.6 is 0 Å². The predicted molar refractivity (Wildman–Crippen MR) is 76.6 cm³/mol. The third-order valence-corrected chi connectivity index (χ3v) is 3.28. The van der Waals surface area contributed by atoms with E-state index in [2.05, 4.69) is 31.0 Å². The van der Waals surface area contributed by atoms with E-state index in [1.54, 1.807) is 11.7 Å². The van der Waals surface area contributed by atoms with Gasteiger partial charge in [-0.3, -0.25) is 9.48 Å². The summed E-state index contributed by atoms with van der Waals surface area (Å²) < 4.78 is 1.60. The average molecular weight is 291 g/mol. The van der Waals surface area contributed by atoms with E-state index < -0.39 is 0 Å². The van der Waals surface area contributed by atoms with E-state index >= 15 is 0 Å². The molecule has 2 rings (SSSR count). The molecule has 0 saturated carbocycles. The number of nitrogens with one attached hydrogen (secondary N) is 2. The van der Waals surface area contributed by atoms with Crippen LogP contribution < -0.4 is 5.32 Å². The largest absolute Gasteiger partial charge is 0.341 e. The van der Waals surface area contributed by atoms with Crippen molar-refractivity contribution < 1.29 is 4.79 Å². The van der Waals surface area contributed by atoms with E-state index in [4.69, 9.17) is 0 Å². The number of H-pyrrole nitrogens is 1. The molecule has 2 heterocycles. The summed E-state index contributed by atoms with van der Waals surface area (Å²) in [6.07, 6.45) is 1.66. The zero-order valence-electron chi connectivity index (χ0n) is 12.8. The second kappa shape index (κ2) is 6.47. The van der Waals surface area contributed by atoms with E-state index in [1.165, 1.54) is 0 Å². The highest BCUT2D eigenvalue weighted by molar-refractivity contribution is 5.92. The minimum absolute atomic E-state index is 0.180. The minimum Gasteiger partial charge on any atom is -0.341 e. The highest BCUT2D eigenvalue weighted by atomic mass is 16.2. The fourth-order valence-electron chi connectivity index (χ4n) is 2.09. The van der Waals surface area contributed by atoms with Gasteiger partial charge in [0, 0.05) is 7.05 Å². The lowest BCUT2D eigenvalue weighted by atomic mass is 10.1. The Morgan fingerprint density at radius 3 is 2.76 bits per heavy atom. The van der Waals surface area contributed by atoms with Crippen LogP contribution in [-0.2, 0) is 7.05 Å². The number of aromatic amines is 1. The van der Waals surface area contributed by atoms with Crippen LogP contribution in [0.3, 0.4) is 0 Å². The highest BCUT2D eigenvalue weighted by Gasteiger charge is 2.21. The Morgan fingerprint density at radius 2 is 2.24 bits per heavy atom. The minimum atomic E-state index is -0.251. The maximum Gasteiger partial charge on any atom is 0.270 e. The Balaban J connectivity index is 2.15. The van der Waals surface area contributed by atoms with Crippen molar-refractivity contribution in [2.75, 3.05) is 0 Å². The van der Waals surface area contributed by atoms with Gasteiger partial charge in [-0.25, -0.2) is 0 Å². The van der Waals surface area contributed by atoms with Crippen LogP contribution in [0.25, 0.3) is 0 Å². The number of aryl methyl sites for hydroxylation is 1. The molecule has 0 radical (unpaired) electrons. The van der Waals surface area contributed by atoms with Gasteiger partial charge >= 0.3 is 0 Å². The molecule has 0 aliphatic rings. The van der Waals surface area contributed by atoms with Crippen molar-refractivity contribution in [2.45, 2.75) is 45.6 Å². The van der Waals surface area contributed by atoms with Crippen molar-refractivity contribution in [2.24, 2.45) is 7.05 Å². The van der Waals surface area contributed by atoms with Crippen LogP contribution in [0.4, 0.5) is 0 Å². The lowest BCUT2D eigenvalue weighted by molar-refractivity contribution is 0.0923. The van der Waals surface area contributed by atoms with Crippen LogP contribution in [0, 0.1) is 0 Å². The third kappa shape index (κ3) is 3.45. The molecule has 0 bridgehead atoms. The molecular formula is C13H21N7O. The normalized spacial score (nSPS) is 12.6. The molecule has 0 spiro atoms. The fraction of sp³-hybridized carbons (Fsp3) is 0.615. The van der Waals surface area contributed by atoms with Gasteiger partial charge in [0.15, 0.2) is 5.82 Å². The summed E-state index contributed by atoms with van der Waals surface area (Å²) in [5.74, 6) is 0.595. The van der Waals surface area contributed by atoms with Crippen LogP contribution in [0.5, 0.6) is 0 Å². The first-order valence-electron chi connectivity index (χ1n) is 7.11. The number of hydrogen-bond donors (Lipinski definition) is 2. The Hall–Kier alpha value is -2.25. The summed E-state index contributed by atoms with van der Waals surface area (Å²) in [6.45, 7) is 6.13. The molecule has 0 unspecified atom stereocenters. The molecule has 1 atom stereocenters. The van der Waals surface area contributed by atoms with Crippen molar-refractivity contribution in [3.8, 4) is 0 Å². The van der Waals surface area contributed by atoms with E-state index in [1.807, 2.05) is 26.8 Å². The topological polar surface area (TPSA) is 101 Å². The quantitative estimate of drug-likeness (QED) is 0.836. The van der Waals surface area contributed by atoms with Gasteiger partial charge in [0.2, 0.25) is 0 Å². The molecule has 0 aliphatic carbocycles. The molecule has 8 nitrogen and oxygen atoms in total. The Labute approximate surface area is 123 Å². The highest BCUT2D eigenvalue weighted by Crippen LogP contribution is 2.17. The molecule has 0 aromatic carbocycles. The number of carbonyl (C=O) groups excluding carboxylic acids is 1. The van der Waals surface area contributed by atoms with Crippen molar-refractivity contribution >= 4 is 5.91 Å². The summed E-state index contributed by atoms with van der Waals surface area (Å²) in [7, 11) is 1.77. The Bertz CT molecular complexity index is 588. The molecule has 2 aromatic heterocycles. The summed E-state index contributed by atoms with van der Waals surface area (Å²) in [5.41, 5.74) is 1.43. The molecule has 1 amide bonds. The monoisotopic (exact) mass is 291 g/mol. The number of carbonyl (C=O) groups is 1. The van der Waals surface area contributed by atoms with Crippen LogP contribution in [0.1, 0.15) is 67.6 Å². The van der Waals surface area contributed by atoms with E-state index in [0.717, 1.165) is 18.5 Å². The Kier molecular flexibility index (Phi) is 4.66. The standard InChI is InChI=1S/C13H21N7O/c1-5-6-9(12-15-18-19-16-12)14-13(21)11-7-10(8(2)3)17-20(11)4/h7-9H,5-6H2,1-4H3,(H,14,21)(H,15,16,18,19)/t9-/m1/s1. The average Bonchev–Trinajstić information content (AvgIpc) is 3.07. The van der Waals surface area contributed by atoms with Gasteiger partial charge in [-0.2, -0.15) is 10.3 Å². The van der Waals surface area contributed by atoms with E-state index in [0.29, 0.717) is 11.5 Å². The molecule has 0 fully saturated rings. The summed E-state index contributed by atoms with van der Waals surface area (Å²) in [6, 6.07) is 1.57. The van der Waals surface area contributed by atoms with Crippen LogP contribution in [0.15, 0.2) is 6.07 Å². The maximum atomic E-state index is 12.4. The molecule has 8 heteroatoms. The van der Waals surface area contributed by atoms with Crippen molar-refractivity contribution in [3.63, 3.8) is 0 Å². The summed E-state index contributed by atoms with van der Waals surface area (Å²) in [4.78, 5) is 12.4. The van der Waals surface area contributed by atoms with Crippen molar-refractivity contribution in [1.29, 1.82) is 0 Å². The zero-order valence-corrected chi connectivity index (χ0v) is 12.8. The lowest BCUT2D eigenvalue weighted by Crippen LogP contribution is -2.30. The van der Waals surface area contributed by atoms with E-state index in [9.17, 15) is 4.79 Å². The fourth-order valence-corrected chi connectivity index (χ4v) is 2.09. The molecular weight excluding hydrogens is 270 g/mol. The van der Waals surface area contributed by atoms with Crippen LogP contribution in [0.2, 0.25) is 0 Å². The first kappa shape index (κ1) is 15.1. The lowest BCUT2D eigenvalue weighted by Gasteiger charge is -2.14. The summed E-state index contributed by atoms with van der Waals surface area (Å²) >= 11 is 0. The van der Waals surface area contributed by atoms with Gasteiger partial charge in [-0.1, -0.05) is 32.4 Å². The first-order valence-corrected chi connectivity index (χ1v) is 7.11. The van der Waals surface area contributed by atoms with Crippen molar-refractivity contribution in [1.82, 2.24) is 35.7 Å². The third-order valence-electron chi connectivity index (χ3n) is 3.28. The smallest absolute Gasteiger partial charge is 0.270 e. The zero-order chi connectivity index (χ0) is 15.4.